The number of rotatable bonds is 8. The first kappa shape index (κ1) is 16.2. The van der Waals surface area contributed by atoms with Crippen LogP contribution in [-0.2, 0) is 11.3 Å². The van der Waals surface area contributed by atoms with Gasteiger partial charge in [-0.3, -0.25) is 9.69 Å². The van der Waals surface area contributed by atoms with Crippen LogP contribution in [0.1, 0.15) is 29.4 Å². The van der Waals surface area contributed by atoms with Gasteiger partial charge in [0.15, 0.2) is 0 Å². The van der Waals surface area contributed by atoms with E-state index in [1.54, 1.807) is 11.3 Å². The Kier molecular flexibility index (Phi) is 5.43. The van der Waals surface area contributed by atoms with Crippen molar-refractivity contribution in [2.45, 2.75) is 31.5 Å². The van der Waals surface area contributed by atoms with Crippen LogP contribution in [0.2, 0.25) is 0 Å². The molecule has 122 valence electrons. The van der Waals surface area contributed by atoms with Crippen LogP contribution in [0.15, 0.2) is 47.8 Å². The fraction of sp³-hybridized carbons (Fsp3) is 0.389. The second-order valence-corrected chi connectivity index (χ2v) is 6.98. The summed E-state index contributed by atoms with van der Waals surface area (Å²) in [5, 5.41) is 15.4. The highest BCUT2D eigenvalue weighted by Crippen LogP contribution is 2.28. The molecular formula is C18H22N2O2S. The van der Waals surface area contributed by atoms with E-state index in [0.29, 0.717) is 25.7 Å². The first-order valence-corrected chi connectivity index (χ1v) is 8.86. The van der Waals surface area contributed by atoms with Gasteiger partial charge in [-0.2, -0.15) is 0 Å². The van der Waals surface area contributed by atoms with Gasteiger partial charge in [0.1, 0.15) is 0 Å². The average molecular weight is 330 g/mol. The van der Waals surface area contributed by atoms with Crippen LogP contribution in [0.4, 0.5) is 0 Å². The number of aliphatic hydroxyl groups excluding tert-OH is 1. The molecule has 1 atom stereocenters. The highest BCUT2D eigenvalue weighted by atomic mass is 32.1. The Morgan fingerprint density at radius 3 is 2.70 bits per heavy atom. The number of hydrogen-bond acceptors (Lipinski definition) is 4. The zero-order valence-corrected chi connectivity index (χ0v) is 13.8. The molecule has 4 nitrogen and oxygen atoms in total. The smallest absolute Gasteiger partial charge is 0.234 e. The van der Waals surface area contributed by atoms with E-state index in [-0.39, 0.29) is 5.91 Å². The van der Waals surface area contributed by atoms with E-state index in [1.165, 1.54) is 0 Å². The van der Waals surface area contributed by atoms with Crippen molar-refractivity contribution >= 4 is 17.2 Å². The van der Waals surface area contributed by atoms with Crippen molar-refractivity contribution in [2.24, 2.45) is 0 Å². The summed E-state index contributed by atoms with van der Waals surface area (Å²) >= 11 is 1.64. The summed E-state index contributed by atoms with van der Waals surface area (Å²) in [7, 11) is 0. The van der Waals surface area contributed by atoms with Crippen LogP contribution in [-0.4, -0.2) is 35.0 Å². The lowest BCUT2D eigenvalue weighted by Crippen LogP contribution is -2.40. The normalized spacial score (nSPS) is 15.6. The summed E-state index contributed by atoms with van der Waals surface area (Å²) in [6, 6.07) is 14.1. The predicted molar refractivity (Wildman–Crippen MR) is 92.2 cm³/mol. The number of aliphatic hydroxyl groups is 1. The van der Waals surface area contributed by atoms with E-state index < -0.39 is 6.10 Å². The topological polar surface area (TPSA) is 52.6 Å². The molecular weight excluding hydrogens is 308 g/mol. The van der Waals surface area contributed by atoms with E-state index >= 15 is 0 Å². The largest absolute Gasteiger partial charge is 0.387 e. The van der Waals surface area contributed by atoms with Crippen LogP contribution in [0.25, 0.3) is 0 Å². The van der Waals surface area contributed by atoms with Crippen molar-refractivity contribution < 1.29 is 9.90 Å². The van der Waals surface area contributed by atoms with Gasteiger partial charge >= 0.3 is 0 Å². The number of hydrogen-bond donors (Lipinski definition) is 2. The molecule has 0 unspecified atom stereocenters. The molecule has 1 amide bonds. The van der Waals surface area contributed by atoms with Crippen LogP contribution in [0, 0.1) is 0 Å². The third-order valence-corrected chi connectivity index (χ3v) is 4.92. The van der Waals surface area contributed by atoms with Crippen LogP contribution < -0.4 is 5.32 Å². The summed E-state index contributed by atoms with van der Waals surface area (Å²) in [6.45, 7) is 1.43. The van der Waals surface area contributed by atoms with Crippen molar-refractivity contribution in [1.29, 1.82) is 0 Å². The summed E-state index contributed by atoms with van der Waals surface area (Å²) < 4.78 is 0. The Hall–Kier alpha value is -1.69. The highest BCUT2D eigenvalue weighted by molar-refractivity contribution is 7.09. The number of carbonyl (C=O) groups excluding carboxylic acids is 1. The lowest BCUT2D eigenvalue weighted by Gasteiger charge is -2.24. The molecule has 2 aromatic rings. The number of nitrogens with zero attached hydrogens (tertiary/aromatic N) is 1. The van der Waals surface area contributed by atoms with Gasteiger partial charge in [0.05, 0.1) is 19.2 Å². The molecule has 0 radical (unpaired) electrons. The molecule has 5 heteroatoms. The molecule has 0 aliphatic heterocycles. The minimum atomic E-state index is -0.554. The molecule has 0 saturated heterocycles. The first-order chi connectivity index (χ1) is 11.2. The molecule has 1 aromatic heterocycles. The molecule has 0 bridgehead atoms. The van der Waals surface area contributed by atoms with Gasteiger partial charge in [0.25, 0.3) is 0 Å². The maximum absolute atomic E-state index is 12.2. The Balaban J connectivity index is 1.51. The fourth-order valence-corrected chi connectivity index (χ4v) is 3.27. The van der Waals surface area contributed by atoms with Crippen molar-refractivity contribution in [3.05, 3.63) is 58.3 Å². The fourth-order valence-electron chi connectivity index (χ4n) is 2.62. The van der Waals surface area contributed by atoms with E-state index in [1.807, 2.05) is 47.8 Å². The van der Waals surface area contributed by atoms with Gasteiger partial charge in [0.2, 0.25) is 5.91 Å². The zero-order valence-electron chi connectivity index (χ0n) is 13.0. The van der Waals surface area contributed by atoms with E-state index in [2.05, 4.69) is 10.2 Å². The maximum Gasteiger partial charge on any atom is 0.234 e. The van der Waals surface area contributed by atoms with Gasteiger partial charge < -0.3 is 10.4 Å². The Morgan fingerprint density at radius 1 is 1.26 bits per heavy atom. The van der Waals surface area contributed by atoms with Crippen molar-refractivity contribution in [3.63, 3.8) is 0 Å². The lowest BCUT2D eigenvalue weighted by molar-refractivity contribution is -0.122. The van der Waals surface area contributed by atoms with Gasteiger partial charge in [-0.05, 0) is 29.9 Å². The van der Waals surface area contributed by atoms with Gasteiger partial charge in [-0.15, -0.1) is 11.3 Å². The quantitative estimate of drug-likeness (QED) is 0.782. The van der Waals surface area contributed by atoms with Crippen molar-refractivity contribution in [2.75, 3.05) is 13.1 Å². The van der Waals surface area contributed by atoms with E-state index in [4.69, 9.17) is 0 Å². The van der Waals surface area contributed by atoms with Gasteiger partial charge in [0, 0.05) is 17.5 Å². The van der Waals surface area contributed by atoms with Gasteiger partial charge in [-0.25, -0.2) is 0 Å². The molecule has 1 saturated carbocycles. The van der Waals surface area contributed by atoms with Crippen molar-refractivity contribution in [3.8, 4) is 0 Å². The third-order valence-electron chi connectivity index (χ3n) is 4.04. The number of nitrogens with one attached hydrogen (secondary N) is 1. The molecule has 2 N–H and O–H groups in total. The Morgan fingerprint density at radius 2 is 2.04 bits per heavy atom. The number of thiophene rings is 1. The standard InChI is InChI=1S/C18H22N2O2S/c21-17(14-5-2-1-3-6-14)12-20(15-8-9-15)13-18(22)19-11-16-7-4-10-23-16/h1-7,10,15,17,21H,8-9,11-13H2,(H,19,22)/t17-/m0/s1. The maximum atomic E-state index is 12.2. The molecule has 3 rings (SSSR count). The molecule has 1 fully saturated rings. The lowest BCUT2D eigenvalue weighted by atomic mass is 10.1. The molecule has 0 spiro atoms. The summed E-state index contributed by atoms with van der Waals surface area (Å²) in [5.74, 6) is 0.0190. The second-order valence-electron chi connectivity index (χ2n) is 5.94. The Labute approximate surface area is 140 Å². The molecule has 23 heavy (non-hydrogen) atoms. The summed E-state index contributed by atoms with van der Waals surface area (Å²) in [4.78, 5) is 15.4. The number of amides is 1. The molecule has 1 aliphatic rings. The van der Waals surface area contributed by atoms with E-state index in [0.717, 1.165) is 23.3 Å². The highest BCUT2D eigenvalue weighted by Gasteiger charge is 2.31. The number of carbonyl (C=O) groups is 1. The van der Waals surface area contributed by atoms with Crippen LogP contribution >= 0.6 is 11.3 Å². The molecule has 1 aliphatic carbocycles. The average Bonchev–Trinajstić information content (AvgIpc) is 3.29. The zero-order chi connectivity index (χ0) is 16.1. The minimum absolute atomic E-state index is 0.0190. The molecule has 1 aromatic carbocycles. The van der Waals surface area contributed by atoms with Crippen molar-refractivity contribution in [1.82, 2.24) is 10.2 Å². The summed E-state index contributed by atoms with van der Waals surface area (Å²) in [5.41, 5.74) is 0.900. The van der Waals surface area contributed by atoms with Crippen LogP contribution in [0.5, 0.6) is 0 Å². The number of benzene rings is 1. The van der Waals surface area contributed by atoms with Crippen LogP contribution in [0.3, 0.4) is 0 Å². The Bertz CT molecular complexity index is 611. The predicted octanol–water partition coefficient (Wildman–Crippen LogP) is 2.56. The minimum Gasteiger partial charge on any atom is -0.387 e. The van der Waals surface area contributed by atoms with Gasteiger partial charge in [-0.1, -0.05) is 36.4 Å². The summed E-state index contributed by atoms with van der Waals surface area (Å²) in [6.07, 6.45) is 1.67. The van der Waals surface area contributed by atoms with E-state index in [9.17, 15) is 9.90 Å². The SMILES string of the molecule is O=C(CN(C[C@H](O)c1ccccc1)C1CC1)NCc1cccs1. The monoisotopic (exact) mass is 330 g/mol. The first-order valence-electron chi connectivity index (χ1n) is 7.98. The third kappa shape index (κ3) is 4.89. The second kappa shape index (κ2) is 7.73. The molecule has 1 heterocycles.